The van der Waals surface area contributed by atoms with Crippen molar-refractivity contribution in [3.8, 4) is 28.1 Å². The van der Waals surface area contributed by atoms with E-state index in [9.17, 15) is 14.3 Å². The predicted octanol–water partition coefficient (Wildman–Crippen LogP) is 3.31. The second-order valence-corrected chi connectivity index (χ2v) is 7.67. The summed E-state index contributed by atoms with van der Waals surface area (Å²) < 4.78 is 20.5. The molecular formula is C25H19Cl2FNO3-. The molecular weight excluding hydrogens is 452 g/mol. The van der Waals surface area contributed by atoms with Crippen LogP contribution in [0.2, 0.25) is 5.02 Å². The van der Waals surface area contributed by atoms with Crippen molar-refractivity contribution in [3.63, 3.8) is 0 Å². The lowest BCUT2D eigenvalue weighted by Gasteiger charge is -2.19. The van der Waals surface area contributed by atoms with Gasteiger partial charge in [-0.3, -0.25) is 4.79 Å². The number of aromatic nitrogens is 1. The van der Waals surface area contributed by atoms with Crippen molar-refractivity contribution in [2.24, 2.45) is 0 Å². The summed E-state index contributed by atoms with van der Waals surface area (Å²) in [6, 6.07) is 17.0. The molecule has 0 unspecified atom stereocenters. The highest BCUT2D eigenvalue weighted by Gasteiger charge is 2.23. The smallest absolute Gasteiger partial charge is 0.307 e. The zero-order valence-electron chi connectivity index (χ0n) is 17.3. The van der Waals surface area contributed by atoms with Gasteiger partial charge in [0.25, 0.3) is 0 Å². The molecule has 4 rings (SSSR count). The zero-order chi connectivity index (χ0) is 22.1. The third-order valence-electron chi connectivity index (χ3n) is 5.13. The summed E-state index contributed by atoms with van der Waals surface area (Å²) in [5.41, 5.74) is 3.78. The van der Waals surface area contributed by atoms with Gasteiger partial charge >= 0.3 is 5.97 Å². The van der Waals surface area contributed by atoms with Gasteiger partial charge < -0.3 is 22.3 Å². The van der Waals surface area contributed by atoms with Gasteiger partial charge in [0.15, 0.2) is 0 Å². The molecule has 1 aromatic heterocycles. The van der Waals surface area contributed by atoms with Crippen molar-refractivity contribution >= 4 is 28.5 Å². The number of fused-ring (bicyclic) bond motifs is 1. The number of rotatable bonds is 5. The number of hydrogen-bond donors (Lipinski definition) is 1. The zero-order valence-corrected chi connectivity index (χ0v) is 18.8. The maximum absolute atomic E-state index is 14.9. The molecule has 0 aliphatic heterocycles. The molecule has 4 aromatic rings. The van der Waals surface area contributed by atoms with Gasteiger partial charge in [0.05, 0.1) is 24.7 Å². The van der Waals surface area contributed by atoms with Crippen LogP contribution in [0.1, 0.15) is 11.1 Å². The number of nitrogens with zero attached hydrogens (tertiary/aromatic N) is 1. The normalized spacial score (nSPS) is 10.6. The first-order valence-corrected chi connectivity index (χ1v) is 10.0. The minimum Gasteiger partial charge on any atom is -1.00 e. The fourth-order valence-electron chi connectivity index (χ4n) is 3.80. The molecule has 0 aliphatic carbocycles. The van der Waals surface area contributed by atoms with Crippen LogP contribution in [-0.4, -0.2) is 23.2 Å². The average molecular weight is 471 g/mol. The van der Waals surface area contributed by atoms with Crippen molar-refractivity contribution < 1.29 is 31.4 Å². The highest BCUT2D eigenvalue weighted by molar-refractivity contribution is 6.31. The van der Waals surface area contributed by atoms with Crippen molar-refractivity contribution in [1.82, 2.24) is 4.98 Å². The molecule has 3 aromatic carbocycles. The fourth-order valence-corrected chi connectivity index (χ4v) is 3.97. The molecule has 0 saturated heterocycles. The molecule has 0 aliphatic rings. The van der Waals surface area contributed by atoms with E-state index in [0.29, 0.717) is 49.6 Å². The highest BCUT2D eigenvalue weighted by atomic mass is 35.5. The van der Waals surface area contributed by atoms with Crippen LogP contribution >= 0.6 is 11.6 Å². The van der Waals surface area contributed by atoms with E-state index in [4.69, 9.17) is 21.3 Å². The van der Waals surface area contributed by atoms with Gasteiger partial charge in [-0.15, -0.1) is 0 Å². The molecule has 0 fully saturated rings. The Labute approximate surface area is 196 Å². The van der Waals surface area contributed by atoms with Gasteiger partial charge in [-0.05, 0) is 54.4 Å². The van der Waals surface area contributed by atoms with Gasteiger partial charge in [-0.25, -0.2) is 9.37 Å². The van der Waals surface area contributed by atoms with Gasteiger partial charge in [0.1, 0.15) is 11.6 Å². The molecule has 0 amide bonds. The average Bonchev–Trinajstić information content (AvgIpc) is 2.74. The van der Waals surface area contributed by atoms with E-state index < -0.39 is 11.8 Å². The predicted molar refractivity (Wildman–Crippen MR) is 120 cm³/mol. The minimum absolute atomic E-state index is 0. The van der Waals surface area contributed by atoms with Gasteiger partial charge in [-0.2, -0.15) is 0 Å². The topological polar surface area (TPSA) is 59.4 Å². The fraction of sp³-hybridized carbons (Fsp3) is 0.120. The number of methoxy groups -OCH3 is 1. The summed E-state index contributed by atoms with van der Waals surface area (Å²) in [5, 5.41) is 10.7. The Morgan fingerprint density at radius 3 is 2.53 bits per heavy atom. The first-order chi connectivity index (χ1) is 14.9. The van der Waals surface area contributed by atoms with Crippen LogP contribution in [0.25, 0.3) is 33.3 Å². The molecule has 4 nitrogen and oxygen atoms in total. The van der Waals surface area contributed by atoms with Crippen LogP contribution < -0.4 is 17.1 Å². The molecule has 7 heteroatoms. The number of aryl methyl sites for hydroxylation is 1. The molecule has 0 saturated carbocycles. The number of ether oxygens (including phenoxy) is 1. The first-order valence-electron chi connectivity index (χ1n) is 9.63. The molecule has 32 heavy (non-hydrogen) atoms. The lowest BCUT2D eigenvalue weighted by molar-refractivity contribution is -0.136. The Bertz CT molecular complexity index is 1320. The van der Waals surface area contributed by atoms with E-state index in [1.807, 2.05) is 25.1 Å². The van der Waals surface area contributed by atoms with Gasteiger partial charge in [0, 0.05) is 21.5 Å². The molecule has 0 radical (unpaired) electrons. The van der Waals surface area contributed by atoms with Crippen LogP contribution in [0, 0.1) is 12.7 Å². The number of aliphatic carboxylic acids is 1. The second-order valence-electron chi connectivity index (χ2n) is 7.23. The van der Waals surface area contributed by atoms with E-state index in [2.05, 4.69) is 0 Å². The number of carboxylic acid groups (broad SMARTS) is 1. The van der Waals surface area contributed by atoms with Gasteiger partial charge in [-0.1, -0.05) is 41.4 Å². The number of hydrogen-bond acceptors (Lipinski definition) is 3. The summed E-state index contributed by atoms with van der Waals surface area (Å²) in [6.45, 7) is 1.93. The summed E-state index contributed by atoms with van der Waals surface area (Å²) in [5.74, 6) is -0.949. The Morgan fingerprint density at radius 2 is 1.84 bits per heavy atom. The summed E-state index contributed by atoms with van der Waals surface area (Å²) >= 11 is 6.24. The molecule has 0 atom stereocenters. The van der Waals surface area contributed by atoms with E-state index in [0.717, 1.165) is 5.56 Å². The Kier molecular flexibility index (Phi) is 7.02. The lowest BCUT2D eigenvalue weighted by Crippen LogP contribution is -3.00. The Balaban J connectivity index is 0.00000289. The molecule has 1 heterocycles. The number of halogens is 3. The van der Waals surface area contributed by atoms with Crippen molar-refractivity contribution in [2.45, 2.75) is 13.3 Å². The number of carboxylic acids is 1. The molecule has 1 N–H and O–H groups in total. The maximum Gasteiger partial charge on any atom is 0.307 e. The van der Waals surface area contributed by atoms with Gasteiger partial charge in [0.2, 0.25) is 0 Å². The van der Waals surface area contributed by atoms with E-state index in [-0.39, 0.29) is 18.8 Å². The lowest BCUT2D eigenvalue weighted by atomic mass is 9.89. The van der Waals surface area contributed by atoms with Crippen molar-refractivity contribution in [1.29, 1.82) is 0 Å². The molecule has 0 bridgehead atoms. The van der Waals surface area contributed by atoms with E-state index >= 15 is 0 Å². The first kappa shape index (κ1) is 23.5. The summed E-state index contributed by atoms with van der Waals surface area (Å²) in [7, 11) is 1.55. The standard InChI is InChI=1S/C25H19ClFNO3.ClH/c1-14-7-10-22(31-2)18(11-14)25-19(13-23(29)30)24(16-5-3-4-6-20(16)27)17-12-15(26)8-9-21(17)28-25;/h3-12H,13H2,1-2H3,(H,29,30);1H/p-1. The van der Waals surface area contributed by atoms with Crippen LogP contribution in [-0.2, 0) is 11.2 Å². The third kappa shape index (κ3) is 4.40. The van der Waals surface area contributed by atoms with Crippen LogP contribution in [0.15, 0.2) is 60.7 Å². The Hall–Kier alpha value is -3.15. The monoisotopic (exact) mass is 470 g/mol. The molecule has 0 spiro atoms. The number of benzene rings is 3. The third-order valence-corrected chi connectivity index (χ3v) is 5.36. The van der Waals surface area contributed by atoms with E-state index in [1.165, 1.54) is 6.07 Å². The van der Waals surface area contributed by atoms with E-state index in [1.54, 1.807) is 43.5 Å². The van der Waals surface area contributed by atoms with Crippen molar-refractivity contribution in [2.75, 3.05) is 7.11 Å². The molecule has 164 valence electrons. The van der Waals surface area contributed by atoms with Crippen LogP contribution in [0.4, 0.5) is 4.39 Å². The number of pyridine rings is 1. The SMILES string of the molecule is COc1ccc(C)cc1-c1nc2ccc(Cl)cc2c(-c2ccccc2F)c1CC(=O)O.[Cl-]. The quantitative estimate of drug-likeness (QED) is 0.486. The van der Waals surface area contributed by atoms with Crippen LogP contribution in [0.5, 0.6) is 5.75 Å². The minimum atomic E-state index is -1.05. The maximum atomic E-state index is 14.9. The number of carbonyl (C=O) groups is 1. The highest BCUT2D eigenvalue weighted by Crippen LogP contribution is 2.41. The van der Waals surface area contributed by atoms with Crippen LogP contribution in [0.3, 0.4) is 0 Å². The summed E-state index contributed by atoms with van der Waals surface area (Å²) in [6.07, 6.45) is -0.342. The summed E-state index contributed by atoms with van der Waals surface area (Å²) in [4.78, 5) is 16.6. The van der Waals surface area contributed by atoms with Crippen molar-refractivity contribution in [3.05, 3.63) is 82.6 Å². The Morgan fingerprint density at radius 1 is 1.09 bits per heavy atom. The second kappa shape index (κ2) is 9.55. The largest absolute Gasteiger partial charge is 1.00 e.